The molecule has 0 radical (unpaired) electrons. The van der Waals surface area contributed by atoms with E-state index in [1.165, 1.54) is 12.8 Å². The van der Waals surface area contributed by atoms with E-state index in [0.717, 1.165) is 29.5 Å². The minimum absolute atomic E-state index is 0.423. The number of ether oxygens (including phenoxy) is 1. The van der Waals surface area contributed by atoms with Gasteiger partial charge < -0.3 is 14.6 Å². The third-order valence-electron chi connectivity index (χ3n) is 3.33. The van der Waals surface area contributed by atoms with Crippen LogP contribution in [0.3, 0.4) is 0 Å². The molecule has 0 aromatic carbocycles. The summed E-state index contributed by atoms with van der Waals surface area (Å²) in [4.78, 5) is 0. The molecule has 0 amide bonds. The summed E-state index contributed by atoms with van der Waals surface area (Å²) in [5, 5.41) is 7.11. The lowest BCUT2D eigenvalue weighted by molar-refractivity contribution is -0.0395. The molecule has 1 aromatic rings. The van der Waals surface area contributed by atoms with E-state index in [2.05, 4.69) is 10.5 Å². The second kappa shape index (κ2) is 4.97. The molecule has 4 nitrogen and oxygen atoms in total. The Morgan fingerprint density at radius 1 is 1.44 bits per heavy atom. The number of nitrogens with one attached hydrogen (secondary N) is 1. The normalized spacial score (nSPS) is 24.4. The van der Waals surface area contributed by atoms with Gasteiger partial charge in [-0.25, -0.2) is 0 Å². The highest BCUT2D eigenvalue weighted by Crippen LogP contribution is 2.30. The van der Waals surface area contributed by atoms with Crippen LogP contribution in [0.25, 0.3) is 0 Å². The number of aromatic nitrogens is 1. The van der Waals surface area contributed by atoms with Gasteiger partial charge in [-0.05, 0) is 46.2 Å². The SMILES string of the molecule is CNCC1CC(OCc2c(C)noc2C)C1. The molecule has 1 N–H and O–H groups in total. The van der Waals surface area contributed by atoms with Crippen molar-refractivity contribution in [2.75, 3.05) is 13.6 Å². The third kappa shape index (κ3) is 2.44. The molecule has 1 aliphatic rings. The van der Waals surface area contributed by atoms with Crippen LogP contribution in [0.15, 0.2) is 4.52 Å². The van der Waals surface area contributed by atoms with Crippen LogP contribution in [0.1, 0.15) is 29.9 Å². The van der Waals surface area contributed by atoms with Crippen LogP contribution >= 0.6 is 0 Å². The first kappa shape index (κ1) is 11.6. The molecule has 1 aromatic heterocycles. The molecule has 1 heterocycles. The summed E-state index contributed by atoms with van der Waals surface area (Å²) >= 11 is 0. The molecule has 1 saturated carbocycles. The van der Waals surface area contributed by atoms with Crippen LogP contribution in [0.5, 0.6) is 0 Å². The fourth-order valence-corrected chi connectivity index (χ4v) is 2.18. The second-order valence-electron chi connectivity index (χ2n) is 4.63. The highest BCUT2D eigenvalue weighted by molar-refractivity contribution is 5.19. The Kier molecular flexibility index (Phi) is 3.61. The van der Waals surface area contributed by atoms with Crippen molar-refractivity contribution in [3.8, 4) is 0 Å². The van der Waals surface area contributed by atoms with E-state index in [9.17, 15) is 0 Å². The van der Waals surface area contributed by atoms with E-state index in [4.69, 9.17) is 9.26 Å². The maximum Gasteiger partial charge on any atom is 0.139 e. The monoisotopic (exact) mass is 224 g/mol. The largest absolute Gasteiger partial charge is 0.373 e. The van der Waals surface area contributed by atoms with Crippen LogP contribution < -0.4 is 5.32 Å². The molecule has 0 bridgehead atoms. The summed E-state index contributed by atoms with van der Waals surface area (Å²) in [7, 11) is 2.00. The van der Waals surface area contributed by atoms with Gasteiger partial charge in [0.15, 0.2) is 0 Å². The molecule has 0 spiro atoms. The quantitative estimate of drug-likeness (QED) is 0.828. The van der Waals surface area contributed by atoms with Gasteiger partial charge in [0.05, 0.1) is 18.4 Å². The van der Waals surface area contributed by atoms with Crippen molar-refractivity contribution in [2.24, 2.45) is 5.92 Å². The van der Waals surface area contributed by atoms with E-state index in [1.807, 2.05) is 20.9 Å². The molecule has 0 unspecified atom stereocenters. The van der Waals surface area contributed by atoms with Gasteiger partial charge in [0.25, 0.3) is 0 Å². The van der Waals surface area contributed by atoms with Crippen LogP contribution in [0.2, 0.25) is 0 Å². The third-order valence-corrected chi connectivity index (χ3v) is 3.33. The number of nitrogens with zero attached hydrogens (tertiary/aromatic N) is 1. The minimum atomic E-state index is 0.423. The average molecular weight is 224 g/mol. The van der Waals surface area contributed by atoms with Crippen LogP contribution in [-0.4, -0.2) is 24.9 Å². The Labute approximate surface area is 96.3 Å². The van der Waals surface area contributed by atoms with E-state index in [-0.39, 0.29) is 0 Å². The van der Waals surface area contributed by atoms with Gasteiger partial charge in [0.2, 0.25) is 0 Å². The van der Waals surface area contributed by atoms with Crippen LogP contribution in [0, 0.1) is 19.8 Å². The molecule has 1 fully saturated rings. The Morgan fingerprint density at radius 2 is 2.19 bits per heavy atom. The number of aryl methyl sites for hydroxylation is 2. The molecule has 1 aliphatic carbocycles. The highest BCUT2D eigenvalue weighted by atomic mass is 16.5. The van der Waals surface area contributed by atoms with Gasteiger partial charge in [-0.15, -0.1) is 0 Å². The van der Waals surface area contributed by atoms with Crippen molar-refractivity contribution in [1.82, 2.24) is 10.5 Å². The maximum atomic E-state index is 5.83. The first-order chi connectivity index (χ1) is 7.70. The summed E-state index contributed by atoms with van der Waals surface area (Å²) in [6, 6.07) is 0. The molecule has 4 heteroatoms. The number of hydrogen-bond donors (Lipinski definition) is 1. The fourth-order valence-electron chi connectivity index (χ4n) is 2.18. The maximum absolute atomic E-state index is 5.83. The van der Waals surface area contributed by atoms with Crippen molar-refractivity contribution in [3.05, 3.63) is 17.0 Å². The Hall–Kier alpha value is -0.870. The van der Waals surface area contributed by atoms with E-state index in [1.54, 1.807) is 0 Å². The van der Waals surface area contributed by atoms with Crippen molar-refractivity contribution in [1.29, 1.82) is 0 Å². The summed E-state index contributed by atoms with van der Waals surface area (Å²) in [5.41, 5.74) is 2.06. The van der Waals surface area contributed by atoms with Gasteiger partial charge in [-0.1, -0.05) is 5.16 Å². The van der Waals surface area contributed by atoms with Gasteiger partial charge >= 0.3 is 0 Å². The predicted octanol–water partition coefficient (Wildman–Crippen LogP) is 1.81. The Bertz CT molecular complexity index is 323. The first-order valence-electron chi connectivity index (χ1n) is 5.88. The smallest absolute Gasteiger partial charge is 0.139 e. The average Bonchev–Trinajstić information content (AvgIpc) is 2.51. The highest BCUT2D eigenvalue weighted by Gasteiger charge is 2.29. The molecule has 90 valence electrons. The molecular weight excluding hydrogens is 204 g/mol. The number of rotatable bonds is 5. The lowest BCUT2D eigenvalue weighted by Gasteiger charge is -2.35. The molecule has 0 atom stereocenters. The molecular formula is C12H20N2O2. The summed E-state index contributed by atoms with van der Waals surface area (Å²) in [5.74, 6) is 1.67. The van der Waals surface area contributed by atoms with E-state index in [0.29, 0.717) is 12.7 Å². The molecule has 0 saturated heterocycles. The minimum Gasteiger partial charge on any atom is -0.373 e. The standard InChI is InChI=1S/C12H20N2O2/c1-8-12(9(2)16-14-8)7-15-11-4-10(5-11)6-13-3/h10-11,13H,4-7H2,1-3H3. The summed E-state index contributed by atoms with van der Waals surface area (Å²) in [6.07, 6.45) is 2.76. The van der Waals surface area contributed by atoms with Crippen molar-refractivity contribution in [2.45, 2.75) is 39.4 Å². The topological polar surface area (TPSA) is 47.3 Å². The molecule has 16 heavy (non-hydrogen) atoms. The van der Waals surface area contributed by atoms with E-state index >= 15 is 0 Å². The van der Waals surface area contributed by atoms with Crippen molar-refractivity contribution >= 4 is 0 Å². The molecule has 0 aliphatic heterocycles. The molecule has 2 rings (SSSR count). The van der Waals surface area contributed by atoms with Gasteiger partial charge in [-0.2, -0.15) is 0 Å². The van der Waals surface area contributed by atoms with Gasteiger partial charge in [0, 0.05) is 5.56 Å². The lowest BCUT2D eigenvalue weighted by Crippen LogP contribution is -2.36. The van der Waals surface area contributed by atoms with Crippen LogP contribution in [0.4, 0.5) is 0 Å². The zero-order valence-electron chi connectivity index (χ0n) is 10.2. The zero-order chi connectivity index (χ0) is 11.5. The van der Waals surface area contributed by atoms with Crippen molar-refractivity contribution in [3.63, 3.8) is 0 Å². The van der Waals surface area contributed by atoms with Gasteiger partial charge in [0.1, 0.15) is 5.76 Å². The fraction of sp³-hybridized carbons (Fsp3) is 0.750. The summed E-state index contributed by atoms with van der Waals surface area (Å²) in [6.45, 7) is 5.63. The van der Waals surface area contributed by atoms with Crippen molar-refractivity contribution < 1.29 is 9.26 Å². The summed E-state index contributed by atoms with van der Waals surface area (Å²) < 4.78 is 10.9. The predicted molar refractivity (Wildman–Crippen MR) is 61.2 cm³/mol. The Balaban J connectivity index is 1.73. The Morgan fingerprint density at radius 3 is 2.75 bits per heavy atom. The number of hydrogen-bond acceptors (Lipinski definition) is 4. The van der Waals surface area contributed by atoms with E-state index < -0.39 is 0 Å². The lowest BCUT2D eigenvalue weighted by atomic mass is 9.82. The van der Waals surface area contributed by atoms with Gasteiger partial charge in [-0.3, -0.25) is 0 Å². The zero-order valence-corrected chi connectivity index (χ0v) is 10.2. The van der Waals surface area contributed by atoms with Crippen LogP contribution in [-0.2, 0) is 11.3 Å². The first-order valence-corrected chi connectivity index (χ1v) is 5.88. The second-order valence-corrected chi connectivity index (χ2v) is 4.63.